The maximum absolute atomic E-state index is 12.1. The van der Waals surface area contributed by atoms with Crippen molar-refractivity contribution in [3.63, 3.8) is 0 Å². The van der Waals surface area contributed by atoms with Crippen LogP contribution in [0.3, 0.4) is 0 Å². The summed E-state index contributed by atoms with van der Waals surface area (Å²) in [5, 5.41) is 0. The number of hydrogen-bond donors (Lipinski definition) is 1. The third kappa shape index (κ3) is 4.81. The van der Waals surface area contributed by atoms with Gasteiger partial charge in [0.05, 0.1) is 6.54 Å². The fourth-order valence-electron chi connectivity index (χ4n) is 2.14. The van der Waals surface area contributed by atoms with E-state index >= 15 is 0 Å². The molecule has 0 saturated heterocycles. The minimum absolute atomic E-state index is 0.0971. The largest absolute Gasteiger partial charge is 0.492 e. The van der Waals surface area contributed by atoms with E-state index in [2.05, 4.69) is 0 Å². The van der Waals surface area contributed by atoms with Crippen molar-refractivity contribution in [2.24, 2.45) is 0 Å². The van der Waals surface area contributed by atoms with Crippen LogP contribution in [-0.4, -0.2) is 31.0 Å². The molecule has 4 nitrogen and oxygen atoms in total. The molecular formula is C18H22N2O2. The second-order valence-electron chi connectivity index (χ2n) is 5.18. The summed E-state index contributed by atoms with van der Waals surface area (Å²) in [4.78, 5) is 13.8. The average Bonchev–Trinajstić information content (AvgIpc) is 2.54. The van der Waals surface area contributed by atoms with Gasteiger partial charge < -0.3 is 15.4 Å². The molecule has 0 unspecified atom stereocenters. The number of carbonyl (C=O) groups is 1. The third-order valence-corrected chi connectivity index (χ3v) is 3.53. The smallest absolute Gasteiger partial charge is 0.222 e. The molecule has 2 N–H and O–H groups in total. The Labute approximate surface area is 131 Å². The molecule has 1 amide bonds. The van der Waals surface area contributed by atoms with Gasteiger partial charge in [0.2, 0.25) is 5.91 Å². The van der Waals surface area contributed by atoms with Crippen LogP contribution in [0.4, 0.5) is 5.69 Å². The maximum atomic E-state index is 12.1. The first kappa shape index (κ1) is 15.9. The molecule has 2 rings (SSSR count). The Morgan fingerprint density at radius 1 is 1.09 bits per heavy atom. The Balaban J connectivity index is 1.72. The van der Waals surface area contributed by atoms with Gasteiger partial charge in [0.15, 0.2) is 0 Å². The first-order valence-electron chi connectivity index (χ1n) is 7.42. The van der Waals surface area contributed by atoms with Crippen LogP contribution < -0.4 is 10.5 Å². The van der Waals surface area contributed by atoms with Crippen LogP contribution in [0.25, 0.3) is 0 Å². The highest BCUT2D eigenvalue weighted by molar-refractivity contribution is 5.76. The van der Waals surface area contributed by atoms with Gasteiger partial charge in [0.1, 0.15) is 12.4 Å². The van der Waals surface area contributed by atoms with E-state index in [9.17, 15) is 4.79 Å². The highest BCUT2D eigenvalue weighted by Crippen LogP contribution is 2.13. The van der Waals surface area contributed by atoms with E-state index in [0.717, 1.165) is 17.0 Å². The Morgan fingerprint density at radius 2 is 1.77 bits per heavy atom. The highest BCUT2D eigenvalue weighted by Gasteiger charge is 2.09. The Kier molecular flexibility index (Phi) is 5.83. The lowest BCUT2D eigenvalue weighted by atomic mass is 10.1. The van der Waals surface area contributed by atoms with Crippen molar-refractivity contribution in [1.29, 1.82) is 0 Å². The molecule has 0 spiro atoms. The first-order chi connectivity index (χ1) is 10.7. The van der Waals surface area contributed by atoms with Crippen LogP contribution in [0.5, 0.6) is 5.75 Å². The number of amides is 1. The van der Waals surface area contributed by atoms with E-state index < -0.39 is 0 Å². The van der Waals surface area contributed by atoms with Crippen molar-refractivity contribution >= 4 is 11.6 Å². The molecule has 0 saturated carbocycles. The number of carbonyl (C=O) groups excluding carboxylic acids is 1. The van der Waals surface area contributed by atoms with Crippen LogP contribution >= 0.6 is 0 Å². The number of likely N-dealkylation sites (N-methyl/N-ethyl adjacent to an activating group) is 1. The molecule has 116 valence electrons. The minimum atomic E-state index is 0.0971. The molecule has 0 aliphatic heterocycles. The topological polar surface area (TPSA) is 55.6 Å². The normalized spacial score (nSPS) is 10.2. The lowest BCUT2D eigenvalue weighted by Crippen LogP contribution is -2.31. The van der Waals surface area contributed by atoms with Crippen molar-refractivity contribution in [1.82, 2.24) is 4.90 Å². The van der Waals surface area contributed by atoms with Crippen LogP contribution in [0.1, 0.15) is 12.0 Å². The van der Waals surface area contributed by atoms with Gasteiger partial charge in [0.25, 0.3) is 0 Å². The Bertz CT molecular complexity index is 599. The van der Waals surface area contributed by atoms with Crippen LogP contribution in [0.15, 0.2) is 54.6 Å². The summed E-state index contributed by atoms with van der Waals surface area (Å²) >= 11 is 0. The lowest BCUT2D eigenvalue weighted by Gasteiger charge is -2.17. The molecule has 4 heteroatoms. The number of nitrogen functional groups attached to an aromatic ring is 1. The van der Waals surface area contributed by atoms with Gasteiger partial charge >= 0.3 is 0 Å². The second kappa shape index (κ2) is 8.08. The molecule has 2 aromatic rings. The van der Waals surface area contributed by atoms with Crippen LogP contribution in [0.2, 0.25) is 0 Å². The SMILES string of the molecule is CN(CCOc1ccccc1)C(=O)CCc1ccccc1N. The Hall–Kier alpha value is -2.49. The van der Waals surface area contributed by atoms with Crippen molar-refractivity contribution in [3.05, 3.63) is 60.2 Å². The van der Waals surface area contributed by atoms with E-state index in [0.29, 0.717) is 26.0 Å². The van der Waals surface area contributed by atoms with Crippen molar-refractivity contribution in [3.8, 4) is 5.75 Å². The molecule has 0 atom stereocenters. The summed E-state index contributed by atoms with van der Waals surface area (Å²) < 4.78 is 5.59. The van der Waals surface area contributed by atoms with Crippen LogP contribution in [0, 0.1) is 0 Å². The van der Waals surface area contributed by atoms with E-state index in [-0.39, 0.29) is 5.91 Å². The van der Waals surface area contributed by atoms with Gasteiger partial charge in [-0.25, -0.2) is 0 Å². The van der Waals surface area contributed by atoms with Crippen molar-refractivity contribution in [2.45, 2.75) is 12.8 Å². The monoisotopic (exact) mass is 298 g/mol. The van der Waals surface area contributed by atoms with Gasteiger partial charge in [-0.3, -0.25) is 4.79 Å². The molecule has 22 heavy (non-hydrogen) atoms. The molecule has 0 aliphatic rings. The fraction of sp³-hybridized carbons (Fsp3) is 0.278. The van der Waals surface area contributed by atoms with E-state index in [1.165, 1.54) is 0 Å². The van der Waals surface area contributed by atoms with Gasteiger partial charge in [-0.15, -0.1) is 0 Å². The third-order valence-electron chi connectivity index (χ3n) is 3.53. The predicted octanol–water partition coefficient (Wildman–Crippen LogP) is 2.74. The molecular weight excluding hydrogens is 276 g/mol. The number of nitrogens with two attached hydrogens (primary N) is 1. The zero-order valence-corrected chi connectivity index (χ0v) is 12.9. The number of rotatable bonds is 7. The lowest BCUT2D eigenvalue weighted by molar-refractivity contribution is -0.130. The number of para-hydroxylation sites is 2. The van der Waals surface area contributed by atoms with E-state index in [1.54, 1.807) is 11.9 Å². The molecule has 0 fully saturated rings. The summed E-state index contributed by atoms with van der Waals surface area (Å²) in [6.45, 7) is 1.05. The molecule has 0 aliphatic carbocycles. The van der Waals surface area contributed by atoms with Crippen LogP contribution in [-0.2, 0) is 11.2 Å². The summed E-state index contributed by atoms with van der Waals surface area (Å²) in [6, 6.07) is 17.3. The number of benzene rings is 2. The predicted molar refractivity (Wildman–Crippen MR) is 88.7 cm³/mol. The Morgan fingerprint density at radius 3 is 2.50 bits per heavy atom. The highest BCUT2D eigenvalue weighted by atomic mass is 16.5. The minimum Gasteiger partial charge on any atom is -0.492 e. The molecule has 0 bridgehead atoms. The quantitative estimate of drug-likeness (QED) is 0.800. The van der Waals surface area contributed by atoms with Gasteiger partial charge in [-0.1, -0.05) is 36.4 Å². The van der Waals surface area contributed by atoms with Crippen molar-refractivity contribution < 1.29 is 9.53 Å². The number of nitrogens with zero attached hydrogens (tertiary/aromatic N) is 1. The standard InChI is InChI=1S/C18H22N2O2/c1-20(13-14-22-16-8-3-2-4-9-16)18(21)12-11-15-7-5-6-10-17(15)19/h2-10H,11-14,19H2,1H3. The molecule has 0 radical (unpaired) electrons. The van der Waals surface area contributed by atoms with Gasteiger partial charge in [0, 0.05) is 19.2 Å². The average molecular weight is 298 g/mol. The second-order valence-corrected chi connectivity index (χ2v) is 5.18. The molecule has 2 aromatic carbocycles. The molecule has 0 heterocycles. The number of ether oxygens (including phenoxy) is 1. The summed E-state index contributed by atoms with van der Waals surface area (Å²) in [5.74, 6) is 0.917. The summed E-state index contributed by atoms with van der Waals surface area (Å²) in [6.07, 6.45) is 1.12. The zero-order chi connectivity index (χ0) is 15.8. The van der Waals surface area contributed by atoms with Gasteiger partial charge in [-0.05, 0) is 30.2 Å². The maximum Gasteiger partial charge on any atom is 0.222 e. The number of anilines is 1. The number of aryl methyl sites for hydroxylation is 1. The first-order valence-corrected chi connectivity index (χ1v) is 7.42. The fourth-order valence-corrected chi connectivity index (χ4v) is 2.14. The zero-order valence-electron chi connectivity index (χ0n) is 12.9. The molecule has 0 aromatic heterocycles. The van der Waals surface area contributed by atoms with Gasteiger partial charge in [-0.2, -0.15) is 0 Å². The number of hydrogen-bond acceptors (Lipinski definition) is 3. The van der Waals surface area contributed by atoms with Crippen molar-refractivity contribution in [2.75, 3.05) is 25.9 Å². The van der Waals surface area contributed by atoms with E-state index in [1.807, 2.05) is 54.6 Å². The summed E-state index contributed by atoms with van der Waals surface area (Å²) in [7, 11) is 1.80. The summed E-state index contributed by atoms with van der Waals surface area (Å²) in [5.41, 5.74) is 7.64. The van der Waals surface area contributed by atoms with E-state index in [4.69, 9.17) is 10.5 Å².